The fourth-order valence-corrected chi connectivity index (χ4v) is 3.81. The van der Waals surface area contributed by atoms with Crippen LogP contribution in [0.2, 0.25) is 0 Å². The predicted octanol–water partition coefficient (Wildman–Crippen LogP) is 4.61. The van der Waals surface area contributed by atoms with Crippen molar-refractivity contribution in [3.63, 3.8) is 0 Å². The van der Waals surface area contributed by atoms with E-state index in [-0.39, 0.29) is 5.91 Å². The molecule has 0 aliphatic rings. The summed E-state index contributed by atoms with van der Waals surface area (Å²) in [5.41, 5.74) is 3.09. The van der Waals surface area contributed by atoms with Crippen LogP contribution in [-0.4, -0.2) is 16.6 Å². The van der Waals surface area contributed by atoms with E-state index in [0.29, 0.717) is 13.0 Å². The van der Waals surface area contributed by atoms with Gasteiger partial charge in [0.2, 0.25) is 5.91 Å². The fourth-order valence-electron chi connectivity index (χ4n) is 2.30. The number of hydrogen-bond donors (Lipinski definition) is 1. The molecule has 1 aromatic carbocycles. The summed E-state index contributed by atoms with van der Waals surface area (Å²) in [4.78, 5) is 17.7. The van der Waals surface area contributed by atoms with Crippen LogP contribution < -0.4 is 5.32 Å². The summed E-state index contributed by atoms with van der Waals surface area (Å²) < 4.78 is 0. The maximum Gasteiger partial charge on any atom is 0.221 e. The van der Waals surface area contributed by atoms with Gasteiger partial charge in [-0.05, 0) is 35.2 Å². The molecule has 2 aromatic heterocycles. The predicted molar refractivity (Wildman–Crippen MR) is 101 cm³/mol. The molecule has 3 rings (SSSR count). The Hall–Kier alpha value is -2.11. The Morgan fingerprint density at radius 3 is 2.79 bits per heavy atom. The Morgan fingerprint density at radius 1 is 1.12 bits per heavy atom. The molecular weight excluding hydrogens is 336 g/mol. The minimum absolute atomic E-state index is 0.0681. The van der Waals surface area contributed by atoms with Crippen molar-refractivity contribution >= 4 is 29.0 Å². The summed E-state index contributed by atoms with van der Waals surface area (Å²) in [6.45, 7) is 0.508. The number of aromatic nitrogens is 1. The summed E-state index contributed by atoms with van der Waals surface area (Å²) >= 11 is 3.35. The zero-order chi connectivity index (χ0) is 16.6. The third-order valence-corrected chi connectivity index (χ3v) is 5.20. The van der Waals surface area contributed by atoms with E-state index in [2.05, 4.69) is 33.9 Å². The first kappa shape index (κ1) is 16.7. The number of amides is 1. The Labute approximate surface area is 150 Å². The van der Waals surface area contributed by atoms with Crippen molar-refractivity contribution in [2.75, 3.05) is 5.75 Å². The van der Waals surface area contributed by atoms with Crippen LogP contribution in [0.4, 0.5) is 0 Å². The Morgan fingerprint density at radius 2 is 2.00 bits per heavy atom. The van der Waals surface area contributed by atoms with Crippen LogP contribution in [0.3, 0.4) is 0 Å². The third kappa shape index (κ3) is 4.69. The third-order valence-electron chi connectivity index (χ3n) is 3.50. The van der Waals surface area contributed by atoms with Crippen LogP contribution in [0, 0.1) is 0 Å². The highest BCUT2D eigenvalue weighted by Crippen LogP contribution is 2.23. The average molecular weight is 355 g/mol. The smallest absolute Gasteiger partial charge is 0.221 e. The van der Waals surface area contributed by atoms with Gasteiger partial charge < -0.3 is 5.32 Å². The molecule has 3 nitrogen and oxygen atoms in total. The van der Waals surface area contributed by atoms with E-state index in [1.54, 1.807) is 29.3 Å². The number of pyridine rings is 1. The van der Waals surface area contributed by atoms with Crippen molar-refractivity contribution in [3.8, 4) is 11.3 Å². The first-order valence-corrected chi connectivity index (χ1v) is 9.67. The number of carbonyl (C=O) groups excluding carboxylic acids is 1. The molecule has 0 aliphatic heterocycles. The number of carbonyl (C=O) groups is 1. The number of benzene rings is 1. The van der Waals surface area contributed by atoms with Gasteiger partial charge in [-0.25, -0.2) is 0 Å². The minimum atomic E-state index is 0.0681. The standard InChI is InChI=1S/C19H18N2OS2/c22-18(9-12-24-17-6-2-1-3-7-17)21-13-15-5-4-10-20-19(15)16-8-11-23-14-16/h1-8,10-11,14H,9,12-13H2,(H,21,22). The van der Waals surface area contributed by atoms with E-state index in [0.717, 1.165) is 22.6 Å². The fraction of sp³-hybridized carbons (Fsp3) is 0.158. The lowest BCUT2D eigenvalue weighted by atomic mass is 10.1. The summed E-state index contributed by atoms with van der Waals surface area (Å²) in [6, 6.07) is 16.1. The van der Waals surface area contributed by atoms with Crippen molar-refractivity contribution < 1.29 is 4.79 Å². The lowest BCUT2D eigenvalue weighted by Gasteiger charge is -2.09. The Balaban J connectivity index is 1.50. The molecule has 0 aliphatic carbocycles. The van der Waals surface area contributed by atoms with Crippen molar-refractivity contribution in [3.05, 3.63) is 71.1 Å². The molecule has 0 spiro atoms. The quantitative estimate of drug-likeness (QED) is 0.630. The molecule has 0 saturated heterocycles. The summed E-state index contributed by atoms with van der Waals surface area (Å²) in [7, 11) is 0. The van der Waals surface area contributed by atoms with Crippen LogP contribution in [0.1, 0.15) is 12.0 Å². The molecule has 0 fully saturated rings. The summed E-state index contributed by atoms with van der Waals surface area (Å²) in [5.74, 6) is 0.846. The van der Waals surface area contributed by atoms with E-state index in [4.69, 9.17) is 0 Å². The van der Waals surface area contributed by atoms with E-state index >= 15 is 0 Å². The van der Waals surface area contributed by atoms with Crippen LogP contribution in [0.15, 0.2) is 70.4 Å². The Bertz CT molecular complexity index is 773. The highest BCUT2D eigenvalue weighted by molar-refractivity contribution is 7.99. The number of thioether (sulfide) groups is 1. The summed E-state index contributed by atoms with van der Waals surface area (Å²) in [6.07, 6.45) is 2.29. The first-order chi connectivity index (χ1) is 11.8. The van der Waals surface area contributed by atoms with E-state index < -0.39 is 0 Å². The monoisotopic (exact) mass is 354 g/mol. The number of thiophene rings is 1. The van der Waals surface area contributed by atoms with Gasteiger partial charge in [-0.15, -0.1) is 11.8 Å². The Kier molecular flexibility index (Phi) is 6.04. The van der Waals surface area contributed by atoms with Gasteiger partial charge in [0.15, 0.2) is 0 Å². The maximum absolute atomic E-state index is 12.1. The second-order valence-corrected chi connectivity index (χ2v) is 7.16. The molecule has 0 radical (unpaired) electrons. The molecule has 5 heteroatoms. The molecule has 0 bridgehead atoms. The van der Waals surface area contributed by atoms with Gasteiger partial charge in [0.25, 0.3) is 0 Å². The van der Waals surface area contributed by atoms with E-state index in [1.165, 1.54) is 4.90 Å². The van der Waals surface area contributed by atoms with Crippen molar-refractivity contribution in [1.82, 2.24) is 10.3 Å². The van der Waals surface area contributed by atoms with Gasteiger partial charge in [0, 0.05) is 40.8 Å². The van der Waals surface area contributed by atoms with Crippen LogP contribution in [-0.2, 0) is 11.3 Å². The molecule has 0 atom stereocenters. The maximum atomic E-state index is 12.1. The molecule has 2 heterocycles. The highest BCUT2D eigenvalue weighted by atomic mass is 32.2. The number of rotatable bonds is 7. The topological polar surface area (TPSA) is 42.0 Å². The van der Waals surface area contributed by atoms with Gasteiger partial charge >= 0.3 is 0 Å². The van der Waals surface area contributed by atoms with Crippen LogP contribution >= 0.6 is 23.1 Å². The average Bonchev–Trinajstić information content (AvgIpc) is 3.16. The van der Waals surface area contributed by atoms with Crippen molar-refractivity contribution in [2.24, 2.45) is 0 Å². The number of nitrogens with one attached hydrogen (secondary N) is 1. The molecule has 0 unspecified atom stereocenters. The minimum Gasteiger partial charge on any atom is -0.352 e. The SMILES string of the molecule is O=C(CCSc1ccccc1)NCc1cccnc1-c1ccsc1. The first-order valence-electron chi connectivity index (χ1n) is 7.74. The lowest BCUT2D eigenvalue weighted by molar-refractivity contribution is -0.120. The van der Waals surface area contributed by atoms with Gasteiger partial charge in [0.05, 0.1) is 5.69 Å². The molecule has 3 aromatic rings. The van der Waals surface area contributed by atoms with Crippen LogP contribution in [0.25, 0.3) is 11.3 Å². The van der Waals surface area contributed by atoms with Crippen molar-refractivity contribution in [2.45, 2.75) is 17.9 Å². The van der Waals surface area contributed by atoms with Gasteiger partial charge in [0.1, 0.15) is 0 Å². The molecule has 1 N–H and O–H groups in total. The van der Waals surface area contributed by atoms with Crippen molar-refractivity contribution in [1.29, 1.82) is 0 Å². The zero-order valence-corrected chi connectivity index (χ0v) is 14.8. The second kappa shape index (κ2) is 8.66. The van der Waals surface area contributed by atoms with E-state index in [1.807, 2.05) is 35.7 Å². The molecule has 1 amide bonds. The van der Waals surface area contributed by atoms with Crippen LogP contribution in [0.5, 0.6) is 0 Å². The zero-order valence-electron chi connectivity index (χ0n) is 13.1. The molecular formula is C19H18N2OS2. The lowest BCUT2D eigenvalue weighted by Crippen LogP contribution is -2.23. The number of nitrogens with zero attached hydrogens (tertiary/aromatic N) is 1. The van der Waals surface area contributed by atoms with E-state index in [9.17, 15) is 4.79 Å². The molecule has 0 saturated carbocycles. The molecule has 122 valence electrons. The highest BCUT2D eigenvalue weighted by Gasteiger charge is 2.08. The largest absolute Gasteiger partial charge is 0.352 e. The molecule has 24 heavy (non-hydrogen) atoms. The summed E-state index contributed by atoms with van der Waals surface area (Å²) in [5, 5.41) is 7.11. The van der Waals surface area contributed by atoms with Gasteiger partial charge in [-0.2, -0.15) is 11.3 Å². The second-order valence-electron chi connectivity index (χ2n) is 5.21. The number of hydrogen-bond acceptors (Lipinski definition) is 4. The normalized spacial score (nSPS) is 10.5. The van der Waals surface area contributed by atoms with Gasteiger partial charge in [-0.1, -0.05) is 24.3 Å². The van der Waals surface area contributed by atoms with Gasteiger partial charge in [-0.3, -0.25) is 9.78 Å².